The average molecular weight is 380 g/mol. The van der Waals surface area contributed by atoms with E-state index in [4.69, 9.17) is 4.74 Å². The lowest BCUT2D eigenvalue weighted by Crippen LogP contribution is -2.40. The van der Waals surface area contributed by atoms with E-state index in [1.165, 1.54) is 11.8 Å². The minimum absolute atomic E-state index is 0.0535. The number of likely N-dealkylation sites (tertiary alicyclic amines) is 1. The van der Waals surface area contributed by atoms with Crippen molar-refractivity contribution < 1.29 is 14.3 Å². The Bertz CT molecular complexity index is 589. The third-order valence-corrected chi connectivity index (χ3v) is 5.57. The number of carbonyl (C=O) groups excluding carboxylic acids is 2. The molecule has 0 aromatic heterocycles. The zero-order valence-corrected chi connectivity index (χ0v) is 16.4. The van der Waals surface area contributed by atoms with Gasteiger partial charge < -0.3 is 20.3 Å². The molecule has 1 aliphatic heterocycles. The number of thioether (sulfide) groups is 1. The van der Waals surface area contributed by atoms with Gasteiger partial charge in [-0.25, -0.2) is 0 Å². The predicted molar refractivity (Wildman–Crippen MR) is 105 cm³/mol. The van der Waals surface area contributed by atoms with E-state index in [9.17, 15) is 9.59 Å². The van der Waals surface area contributed by atoms with Gasteiger partial charge in [0, 0.05) is 31.6 Å². The summed E-state index contributed by atoms with van der Waals surface area (Å²) < 4.78 is 4.92. The number of benzene rings is 1. The molecule has 6 nitrogen and oxygen atoms in total. The van der Waals surface area contributed by atoms with Crippen LogP contribution in [-0.2, 0) is 9.53 Å². The molecule has 0 aliphatic carbocycles. The molecule has 1 heterocycles. The Hall–Kier alpha value is -1.57. The molecule has 0 atom stereocenters. The Morgan fingerprint density at radius 2 is 2.00 bits per heavy atom. The van der Waals surface area contributed by atoms with Gasteiger partial charge in [-0.3, -0.25) is 9.59 Å². The fourth-order valence-corrected chi connectivity index (χ4v) is 3.93. The first-order valence-electron chi connectivity index (χ1n) is 9.07. The number of hydrogen-bond donors (Lipinski definition) is 2. The van der Waals surface area contributed by atoms with E-state index >= 15 is 0 Å². The zero-order chi connectivity index (χ0) is 18.8. The second kappa shape index (κ2) is 11.2. The van der Waals surface area contributed by atoms with Crippen molar-refractivity contribution in [3.8, 4) is 0 Å². The predicted octanol–water partition coefficient (Wildman–Crippen LogP) is 1.61. The molecule has 0 saturated carbocycles. The Balaban J connectivity index is 1.91. The van der Waals surface area contributed by atoms with Crippen LogP contribution < -0.4 is 10.6 Å². The number of nitrogens with zero attached hydrogens (tertiary/aromatic N) is 1. The van der Waals surface area contributed by atoms with Crippen LogP contribution in [0.1, 0.15) is 23.2 Å². The van der Waals surface area contributed by atoms with Crippen molar-refractivity contribution in [3.63, 3.8) is 0 Å². The molecule has 1 saturated heterocycles. The van der Waals surface area contributed by atoms with Gasteiger partial charge >= 0.3 is 0 Å². The van der Waals surface area contributed by atoms with Gasteiger partial charge in [-0.15, -0.1) is 11.8 Å². The number of hydrogen-bond acceptors (Lipinski definition) is 5. The first-order valence-corrected chi connectivity index (χ1v) is 10.1. The van der Waals surface area contributed by atoms with Crippen molar-refractivity contribution in [3.05, 3.63) is 29.8 Å². The summed E-state index contributed by atoms with van der Waals surface area (Å²) >= 11 is 1.40. The maximum atomic E-state index is 12.9. The minimum Gasteiger partial charge on any atom is -0.383 e. The largest absolute Gasteiger partial charge is 0.383 e. The van der Waals surface area contributed by atoms with E-state index in [0.29, 0.717) is 24.6 Å². The SMILES string of the molecule is CNCC1CCN(C(=O)c2ccccc2SCC(=O)NCCOC)CC1. The lowest BCUT2D eigenvalue weighted by molar-refractivity contribution is -0.118. The Morgan fingerprint density at radius 1 is 1.27 bits per heavy atom. The molecule has 1 aromatic rings. The molecule has 7 heteroatoms. The monoisotopic (exact) mass is 379 g/mol. The van der Waals surface area contributed by atoms with E-state index < -0.39 is 0 Å². The Kier molecular flexibility index (Phi) is 8.94. The standard InChI is InChI=1S/C19H29N3O3S/c1-20-13-15-7-10-22(11-8-15)19(24)16-5-3-4-6-17(16)26-14-18(23)21-9-12-25-2/h3-6,15,20H,7-14H2,1-2H3,(H,21,23). The molecule has 0 radical (unpaired) electrons. The summed E-state index contributed by atoms with van der Waals surface area (Å²) in [6.07, 6.45) is 2.06. The molecule has 0 spiro atoms. The van der Waals surface area contributed by atoms with Crippen molar-refractivity contribution in [1.29, 1.82) is 0 Å². The number of piperidine rings is 1. The molecule has 0 bridgehead atoms. The summed E-state index contributed by atoms with van der Waals surface area (Å²) in [6, 6.07) is 7.55. The van der Waals surface area contributed by atoms with E-state index in [0.717, 1.165) is 37.4 Å². The molecule has 144 valence electrons. The van der Waals surface area contributed by atoms with Crippen LogP contribution in [0.4, 0.5) is 0 Å². The van der Waals surface area contributed by atoms with Crippen molar-refractivity contribution in [2.24, 2.45) is 5.92 Å². The van der Waals surface area contributed by atoms with E-state index in [-0.39, 0.29) is 17.6 Å². The summed E-state index contributed by atoms with van der Waals surface area (Å²) in [5, 5.41) is 6.01. The van der Waals surface area contributed by atoms with Crippen molar-refractivity contribution in [2.45, 2.75) is 17.7 Å². The van der Waals surface area contributed by atoms with Crippen LogP contribution in [0.2, 0.25) is 0 Å². The summed E-state index contributed by atoms with van der Waals surface area (Å²) in [7, 11) is 3.57. The summed E-state index contributed by atoms with van der Waals surface area (Å²) in [5.74, 6) is 0.945. The van der Waals surface area contributed by atoms with Gasteiger partial charge in [0.1, 0.15) is 0 Å². The molecule has 26 heavy (non-hydrogen) atoms. The fraction of sp³-hybridized carbons (Fsp3) is 0.579. The molecule has 2 rings (SSSR count). The van der Waals surface area contributed by atoms with Gasteiger partial charge in [0.2, 0.25) is 5.91 Å². The summed E-state index contributed by atoms with van der Waals surface area (Å²) in [6.45, 7) is 3.59. The Morgan fingerprint density at radius 3 is 2.69 bits per heavy atom. The van der Waals surface area contributed by atoms with Crippen LogP contribution >= 0.6 is 11.8 Å². The molecule has 1 aliphatic rings. The van der Waals surface area contributed by atoms with Crippen molar-refractivity contribution in [1.82, 2.24) is 15.5 Å². The average Bonchev–Trinajstić information content (AvgIpc) is 2.67. The van der Waals surface area contributed by atoms with Gasteiger partial charge in [-0.2, -0.15) is 0 Å². The minimum atomic E-state index is -0.0535. The van der Waals surface area contributed by atoms with Gasteiger partial charge in [-0.1, -0.05) is 12.1 Å². The van der Waals surface area contributed by atoms with Crippen LogP contribution in [-0.4, -0.2) is 69.4 Å². The van der Waals surface area contributed by atoms with Crippen LogP contribution in [0.15, 0.2) is 29.2 Å². The normalized spacial score (nSPS) is 15.1. The lowest BCUT2D eigenvalue weighted by atomic mass is 9.96. The maximum absolute atomic E-state index is 12.9. The smallest absolute Gasteiger partial charge is 0.254 e. The highest BCUT2D eigenvalue weighted by Gasteiger charge is 2.24. The third kappa shape index (κ3) is 6.30. The van der Waals surface area contributed by atoms with Gasteiger partial charge in [0.05, 0.1) is 17.9 Å². The molecule has 1 aromatic carbocycles. The Labute approximate surface area is 160 Å². The number of ether oxygens (including phenoxy) is 1. The van der Waals surface area contributed by atoms with Crippen molar-refractivity contribution >= 4 is 23.6 Å². The van der Waals surface area contributed by atoms with Gasteiger partial charge in [0.25, 0.3) is 5.91 Å². The molecule has 0 unspecified atom stereocenters. The van der Waals surface area contributed by atoms with Gasteiger partial charge in [0.15, 0.2) is 0 Å². The van der Waals surface area contributed by atoms with Crippen molar-refractivity contribution in [2.75, 3.05) is 52.7 Å². The first-order chi connectivity index (χ1) is 12.7. The fourth-order valence-electron chi connectivity index (χ4n) is 3.06. The van der Waals surface area contributed by atoms with Crippen LogP contribution in [0.3, 0.4) is 0 Å². The number of amides is 2. The highest BCUT2D eigenvalue weighted by atomic mass is 32.2. The molecule has 1 fully saturated rings. The quantitative estimate of drug-likeness (QED) is 0.504. The topological polar surface area (TPSA) is 70.7 Å². The molecular formula is C19H29N3O3S. The molecule has 2 N–H and O–H groups in total. The number of carbonyl (C=O) groups is 2. The number of nitrogens with one attached hydrogen (secondary N) is 2. The van der Waals surface area contributed by atoms with Crippen LogP contribution in [0.25, 0.3) is 0 Å². The van der Waals surface area contributed by atoms with Crippen LogP contribution in [0, 0.1) is 5.92 Å². The second-order valence-electron chi connectivity index (χ2n) is 6.42. The lowest BCUT2D eigenvalue weighted by Gasteiger charge is -2.32. The zero-order valence-electron chi connectivity index (χ0n) is 15.6. The van der Waals surface area contributed by atoms with E-state index in [1.54, 1.807) is 7.11 Å². The highest BCUT2D eigenvalue weighted by molar-refractivity contribution is 8.00. The second-order valence-corrected chi connectivity index (χ2v) is 7.44. The summed E-state index contributed by atoms with van der Waals surface area (Å²) in [5.41, 5.74) is 0.689. The van der Waals surface area contributed by atoms with E-state index in [2.05, 4.69) is 10.6 Å². The number of rotatable bonds is 9. The first kappa shape index (κ1) is 20.7. The van der Waals surface area contributed by atoms with Gasteiger partial charge in [-0.05, 0) is 44.5 Å². The van der Waals surface area contributed by atoms with E-state index in [1.807, 2.05) is 36.2 Å². The number of methoxy groups -OCH3 is 1. The maximum Gasteiger partial charge on any atom is 0.254 e. The molecule has 2 amide bonds. The highest BCUT2D eigenvalue weighted by Crippen LogP contribution is 2.25. The molecular weight excluding hydrogens is 350 g/mol. The van der Waals surface area contributed by atoms with Crippen LogP contribution in [0.5, 0.6) is 0 Å². The summed E-state index contributed by atoms with van der Waals surface area (Å²) in [4.78, 5) is 27.6. The third-order valence-electron chi connectivity index (χ3n) is 4.50.